The van der Waals surface area contributed by atoms with Crippen molar-refractivity contribution in [1.82, 2.24) is 0 Å². The van der Waals surface area contributed by atoms with Gasteiger partial charge in [-0.25, -0.2) is 9.59 Å². The van der Waals surface area contributed by atoms with Crippen molar-refractivity contribution in [3.8, 4) is 0 Å². The summed E-state index contributed by atoms with van der Waals surface area (Å²) in [7, 11) is 0. The van der Waals surface area contributed by atoms with E-state index in [4.69, 9.17) is 9.47 Å². The molecule has 0 spiro atoms. The van der Waals surface area contributed by atoms with E-state index < -0.39 is 18.5 Å². The lowest BCUT2D eigenvalue weighted by molar-refractivity contribution is -0.165. The highest BCUT2D eigenvalue weighted by Gasteiger charge is 2.65. The van der Waals surface area contributed by atoms with Crippen LogP contribution in [0.1, 0.15) is 26.2 Å². The van der Waals surface area contributed by atoms with Crippen LogP contribution in [0.3, 0.4) is 0 Å². The van der Waals surface area contributed by atoms with E-state index in [1.165, 1.54) is 0 Å². The van der Waals surface area contributed by atoms with Crippen LogP contribution in [-0.2, 0) is 28.6 Å². The molecule has 114 valence electrons. The molecule has 2 aliphatic carbocycles. The van der Waals surface area contributed by atoms with Gasteiger partial charge >= 0.3 is 17.9 Å². The third-order valence-corrected chi connectivity index (χ3v) is 4.92. The van der Waals surface area contributed by atoms with E-state index in [9.17, 15) is 14.4 Å². The van der Waals surface area contributed by atoms with E-state index in [1.807, 2.05) is 0 Å². The fraction of sp³-hybridized carbons (Fsp3) is 0.667. The molecule has 0 aromatic rings. The Morgan fingerprint density at radius 2 is 2.19 bits per heavy atom. The van der Waals surface area contributed by atoms with E-state index in [1.54, 1.807) is 0 Å². The van der Waals surface area contributed by atoms with Gasteiger partial charge in [0.05, 0.1) is 6.42 Å². The van der Waals surface area contributed by atoms with E-state index in [0.29, 0.717) is 12.8 Å². The number of esters is 3. The first-order chi connectivity index (χ1) is 9.93. The predicted molar refractivity (Wildman–Crippen MR) is 69.9 cm³/mol. The molecule has 0 N–H and O–H groups in total. The summed E-state index contributed by atoms with van der Waals surface area (Å²) in [5.74, 6) is -1.07. The monoisotopic (exact) mass is 294 g/mol. The molecular weight excluding hydrogens is 276 g/mol. The summed E-state index contributed by atoms with van der Waals surface area (Å²) in [5.41, 5.74) is -0.107. The van der Waals surface area contributed by atoms with Crippen molar-refractivity contribution in [2.24, 2.45) is 17.3 Å². The maximum Gasteiger partial charge on any atom is 0.344 e. The number of hydrogen-bond acceptors (Lipinski definition) is 6. The molecule has 0 aromatic heterocycles. The first-order valence-electron chi connectivity index (χ1n) is 7.11. The van der Waals surface area contributed by atoms with Crippen LogP contribution >= 0.6 is 0 Å². The molecule has 2 bridgehead atoms. The Balaban J connectivity index is 1.59. The predicted octanol–water partition coefficient (Wildman–Crippen LogP) is 0.989. The molecule has 0 radical (unpaired) electrons. The Bertz CT molecular complexity index is 512. The Labute approximate surface area is 122 Å². The van der Waals surface area contributed by atoms with Gasteiger partial charge in [0, 0.05) is 23.3 Å². The average molecular weight is 294 g/mol. The molecule has 6 heteroatoms. The van der Waals surface area contributed by atoms with Crippen LogP contribution in [0.25, 0.3) is 0 Å². The summed E-state index contributed by atoms with van der Waals surface area (Å²) < 4.78 is 15.5. The fourth-order valence-corrected chi connectivity index (χ4v) is 4.16. The molecule has 21 heavy (non-hydrogen) atoms. The van der Waals surface area contributed by atoms with Gasteiger partial charge in [-0.15, -0.1) is 0 Å². The minimum atomic E-state index is -0.651. The number of rotatable bonds is 4. The lowest BCUT2D eigenvalue weighted by Gasteiger charge is -2.34. The maximum atomic E-state index is 11.7. The van der Waals surface area contributed by atoms with Crippen LogP contribution in [0.15, 0.2) is 12.7 Å². The van der Waals surface area contributed by atoms with Crippen molar-refractivity contribution in [3.63, 3.8) is 0 Å². The Kier molecular flexibility index (Phi) is 3.26. The van der Waals surface area contributed by atoms with Gasteiger partial charge < -0.3 is 14.2 Å². The van der Waals surface area contributed by atoms with Crippen molar-refractivity contribution < 1.29 is 28.6 Å². The zero-order chi connectivity index (χ0) is 15.2. The van der Waals surface area contributed by atoms with Crippen molar-refractivity contribution in [3.05, 3.63) is 12.7 Å². The Hall–Kier alpha value is -1.85. The van der Waals surface area contributed by atoms with Crippen LogP contribution < -0.4 is 0 Å². The highest BCUT2D eigenvalue weighted by Crippen LogP contribution is 2.61. The third-order valence-electron chi connectivity index (χ3n) is 4.92. The van der Waals surface area contributed by atoms with E-state index in [-0.39, 0.29) is 35.4 Å². The summed E-state index contributed by atoms with van der Waals surface area (Å²) in [6, 6.07) is 0. The minimum absolute atomic E-state index is 0.0384. The highest BCUT2D eigenvalue weighted by molar-refractivity contribution is 5.83. The number of ether oxygens (including phenoxy) is 3. The molecule has 0 aromatic carbocycles. The molecule has 5 atom stereocenters. The normalized spacial score (nSPS) is 39.6. The van der Waals surface area contributed by atoms with Crippen molar-refractivity contribution >= 4 is 17.9 Å². The summed E-state index contributed by atoms with van der Waals surface area (Å²) in [6.07, 6.45) is 2.74. The van der Waals surface area contributed by atoms with Gasteiger partial charge in [-0.2, -0.15) is 0 Å². The van der Waals surface area contributed by atoms with Gasteiger partial charge in [0.25, 0.3) is 0 Å². The molecule has 2 saturated carbocycles. The van der Waals surface area contributed by atoms with Gasteiger partial charge in [-0.3, -0.25) is 4.79 Å². The second-order valence-electron chi connectivity index (χ2n) is 6.34. The molecule has 1 aliphatic heterocycles. The second-order valence-corrected chi connectivity index (χ2v) is 6.34. The second kappa shape index (κ2) is 4.86. The van der Waals surface area contributed by atoms with Gasteiger partial charge in [0.15, 0.2) is 6.61 Å². The molecule has 1 heterocycles. The summed E-state index contributed by atoms with van der Waals surface area (Å²) >= 11 is 0. The van der Waals surface area contributed by atoms with E-state index in [2.05, 4.69) is 18.2 Å². The molecule has 3 fully saturated rings. The first kappa shape index (κ1) is 14.1. The number of hydrogen-bond donors (Lipinski definition) is 0. The SMILES string of the molecule is C=CC(=O)OCC(=O)OC1CC2(C)CC1C1CC(=O)OC12. The number of carbonyl (C=O) groups is 3. The van der Waals surface area contributed by atoms with Crippen molar-refractivity contribution in [1.29, 1.82) is 0 Å². The standard InChI is InChI=1S/C15H18O6/c1-3-11(16)19-7-13(18)20-10-6-15(2)5-9(10)8-4-12(17)21-14(8)15/h3,8-10,14H,1,4-7H2,2H3. The fourth-order valence-electron chi connectivity index (χ4n) is 4.16. The average Bonchev–Trinajstić information content (AvgIpc) is 3.04. The van der Waals surface area contributed by atoms with E-state index >= 15 is 0 Å². The lowest BCUT2D eigenvalue weighted by Crippen LogP contribution is -2.39. The molecule has 3 aliphatic rings. The van der Waals surface area contributed by atoms with E-state index in [0.717, 1.165) is 12.5 Å². The van der Waals surface area contributed by atoms with Gasteiger partial charge in [0.2, 0.25) is 0 Å². The molecule has 0 amide bonds. The van der Waals surface area contributed by atoms with Crippen LogP contribution in [-0.4, -0.2) is 36.7 Å². The van der Waals surface area contributed by atoms with Gasteiger partial charge in [-0.1, -0.05) is 13.5 Å². The largest absolute Gasteiger partial charge is 0.461 e. The van der Waals surface area contributed by atoms with Gasteiger partial charge in [0.1, 0.15) is 12.2 Å². The van der Waals surface area contributed by atoms with Crippen LogP contribution in [0.4, 0.5) is 0 Å². The Morgan fingerprint density at radius 3 is 2.90 bits per heavy atom. The maximum absolute atomic E-state index is 11.7. The zero-order valence-corrected chi connectivity index (χ0v) is 11.9. The third kappa shape index (κ3) is 2.32. The molecule has 5 unspecified atom stereocenters. The summed E-state index contributed by atoms with van der Waals surface area (Å²) in [6.45, 7) is 4.92. The first-order valence-corrected chi connectivity index (χ1v) is 7.11. The number of fused-ring (bicyclic) bond motifs is 5. The summed E-state index contributed by atoms with van der Waals surface area (Å²) in [5, 5.41) is 0. The molecule has 6 nitrogen and oxygen atoms in total. The van der Waals surface area contributed by atoms with Crippen LogP contribution in [0.2, 0.25) is 0 Å². The molecular formula is C15H18O6. The van der Waals surface area contributed by atoms with Crippen molar-refractivity contribution in [2.45, 2.75) is 38.4 Å². The van der Waals surface area contributed by atoms with Gasteiger partial charge in [-0.05, 0) is 12.8 Å². The molecule has 3 rings (SSSR count). The smallest absolute Gasteiger partial charge is 0.344 e. The zero-order valence-electron chi connectivity index (χ0n) is 11.9. The molecule has 1 saturated heterocycles. The summed E-state index contributed by atoms with van der Waals surface area (Å²) in [4.78, 5) is 34.1. The van der Waals surface area contributed by atoms with Crippen LogP contribution in [0, 0.1) is 17.3 Å². The quantitative estimate of drug-likeness (QED) is 0.437. The Morgan fingerprint density at radius 1 is 1.43 bits per heavy atom. The van der Waals surface area contributed by atoms with Crippen LogP contribution in [0.5, 0.6) is 0 Å². The lowest BCUT2D eigenvalue weighted by atomic mass is 9.77. The topological polar surface area (TPSA) is 78.9 Å². The van der Waals surface area contributed by atoms with Crippen molar-refractivity contribution in [2.75, 3.05) is 6.61 Å². The minimum Gasteiger partial charge on any atom is -0.461 e. The highest BCUT2D eigenvalue weighted by atomic mass is 16.6. The number of carbonyl (C=O) groups excluding carboxylic acids is 3.